The zero-order valence-corrected chi connectivity index (χ0v) is 16.0. The topological polar surface area (TPSA) is 81.2 Å². The van der Waals surface area contributed by atoms with Gasteiger partial charge >= 0.3 is 5.97 Å². The summed E-state index contributed by atoms with van der Waals surface area (Å²) in [7, 11) is 0. The van der Waals surface area contributed by atoms with E-state index < -0.39 is 12.0 Å². The number of aromatic carboxylic acids is 1. The first-order chi connectivity index (χ1) is 14.0. The van der Waals surface area contributed by atoms with Crippen molar-refractivity contribution in [3.63, 3.8) is 0 Å². The van der Waals surface area contributed by atoms with E-state index in [1.807, 2.05) is 18.2 Å². The first-order valence-electron chi connectivity index (χ1n) is 9.73. The number of imide groups is 1. The minimum atomic E-state index is -1.04. The zero-order chi connectivity index (χ0) is 20.4. The first kappa shape index (κ1) is 19.3. The van der Waals surface area contributed by atoms with Crippen LogP contribution in [-0.4, -0.2) is 64.9 Å². The van der Waals surface area contributed by atoms with Gasteiger partial charge in [0.1, 0.15) is 0 Å². The number of carboxylic acid groups (broad SMARTS) is 1. The van der Waals surface area contributed by atoms with E-state index in [9.17, 15) is 14.4 Å². The number of amides is 2. The normalized spacial score (nSPS) is 21.0. The van der Waals surface area contributed by atoms with Gasteiger partial charge in [0.25, 0.3) is 5.91 Å². The highest BCUT2D eigenvalue weighted by atomic mass is 16.4. The molecule has 2 amide bonds. The van der Waals surface area contributed by atoms with E-state index in [2.05, 4.69) is 21.9 Å². The molecule has 2 fully saturated rings. The Hall–Kier alpha value is -3.03. The molecule has 7 heteroatoms. The van der Waals surface area contributed by atoms with E-state index in [0.717, 1.165) is 32.7 Å². The van der Waals surface area contributed by atoms with Gasteiger partial charge in [-0.15, -0.1) is 0 Å². The van der Waals surface area contributed by atoms with Crippen molar-refractivity contribution in [2.75, 3.05) is 31.1 Å². The number of carboxylic acids is 1. The van der Waals surface area contributed by atoms with Gasteiger partial charge in [0.15, 0.2) is 0 Å². The van der Waals surface area contributed by atoms with Gasteiger partial charge in [0.2, 0.25) is 5.91 Å². The molecule has 2 aromatic carbocycles. The van der Waals surface area contributed by atoms with Gasteiger partial charge < -0.3 is 5.11 Å². The predicted molar refractivity (Wildman–Crippen MR) is 108 cm³/mol. The maximum absolute atomic E-state index is 12.9. The van der Waals surface area contributed by atoms with Crippen molar-refractivity contribution in [1.29, 1.82) is 0 Å². The number of hydrogen-bond donors (Lipinski definition) is 1. The van der Waals surface area contributed by atoms with Gasteiger partial charge in [-0.25, -0.2) is 9.69 Å². The maximum atomic E-state index is 12.9. The Balaban J connectivity index is 1.38. The van der Waals surface area contributed by atoms with Crippen LogP contribution >= 0.6 is 0 Å². The molecule has 0 unspecified atom stereocenters. The Bertz CT molecular complexity index is 905. The summed E-state index contributed by atoms with van der Waals surface area (Å²) in [5, 5.41) is 9.01. The van der Waals surface area contributed by atoms with Crippen LogP contribution in [0.2, 0.25) is 0 Å². The van der Waals surface area contributed by atoms with Crippen LogP contribution in [0.5, 0.6) is 0 Å². The molecular weight excluding hydrogens is 370 g/mol. The number of piperazine rings is 1. The van der Waals surface area contributed by atoms with Crippen LogP contribution in [-0.2, 0) is 16.1 Å². The quantitative estimate of drug-likeness (QED) is 0.781. The predicted octanol–water partition coefficient (Wildman–Crippen LogP) is 1.83. The van der Waals surface area contributed by atoms with Crippen LogP contribution in [0.3, 0.4) is 0 Å². The molecule has 4 rings (SSSR count). The molecule has 0 saturated carbocycles. The van der Waals surface area contributed by atoms with Gasteiger partial charge in [-0.2, -0.15) is 0 Å². The molecule has 0 aromatic heterocycles. The average Bonchev–Trinajstić information content (AvgIpc) is 3.03. The van der Waals surface area contributed by atoms with Crippen molar-refractivity contribution in [2.24, 2.45) is 0 Å². The highest BCUT2D eigenvalue weighted by Gasteiger charge is 2.43. The molecule has 2 aromatic rings. The van der Waals surface area contributed by atoms with Crippen molar-refractivity contribution in [3.05, 3.63) is 65.7 Å². The SMILES string of the molecule is O=C(O)c1ccc(N2C(=O)C[C@H](N3CCN(Cc4ccccc4)CC3)C2=O)cc1. The average molecular weight is 393 g/mol. The summed E-state index contributed by atoms with van der Waals surface area (Å²) in [5.41, 5.74) is 1.82. The fourth-order valence-electron chi connectivity index (χ4n) is 4.00. The lowest BCUT2D eigenvalue weighted by atomic mass is 10.1. The summed E-state index contributed by atoms with van der Waals surface area (Å²) in [6.45, 7) is 4.05. The Morgan fingerprint density at radius 3 is 2.21 bits per heavy atom. The fourth-order valence-corrected chi connectivity index (χ4v) is 4.00. The van der Waals surface area contributed by atoms with Crippen LogP contribution in [0, 0.1) is 0 Å². The third-order valence-corrected chi connectivity index (χ3v) is 5.59. The summed E-state index contributed by atoms with van der Waals surface area (Å²) in [6.07, 6.45) is 0.165. The largest absolute Gasteiger partial charge is 0.478 e. The molecule has 150 valence electrons. The summed E-state index contributed by atoms with van der Waals surface area (Å²) in [6, 6.07) is 15.7. The van der Waals surface area contributed by atoms with Crippen LogP contribution in [0.15, 0.2) is 54.6 Å². The second kappa shape index (κ2) is 8.14. The van der Waals surface area contributed by atoms with Gasteiger partial charge in [-0.3, -0.25) is 19.4 Å². The minimum absolute atomic E-state index is 0.124. The molecule has 1 atom stereocenters. The molecule has 2 aliphatic heterocycles. The maximum Gasteiger partial charge on any atom is 0.335 e. The summed E-state index contributed by atoms with van der Waals surface area (Å²) in [4.78, 5) is 42.1. The highest BCUT2D eigenvalue weighted by Crippen LogP contribution is 2.27. The van der Waals surface area contributed by atoms with E-state index in [1.54, 1.807) is 0 Å². The number of rotatable bonds is 5. The fraction of sp³-hybridized carbons (Fsp3) is 0.318. The Morgan fingerprint density at radius 1 is 0.931 bits per heavy atom. The van der Waals surface area contributed by atoms with E-state index >= 15 is 0 Å². The Kier molecular flexibility index (Phi) is 5.42. The Labute approximate surface area is 169 Å². The lowest BCUT2D eigenvalue weighted by molar-refractivity contribution is -0.123. The molecule has 1 N–H and O–H groups in total. The minimum Gasteiger partial charge on any atom is -0.478 e. The zero-order valence-electron chi connectivity index (χ0n) is 16.0. The molecule has 0 aliphatic carbocycles. The summed E-state index contributed by atoms with van der Waals surface area (Å²) in [5.74, 6) is -1.51. The van der Waals surface area contributed by atoms with Crippen molar-refractivity contribution >= 4 is 23.5 Å². The molecule has 0 radical (unpaired) electrons. The van der Waals surface area contributed by atoms with Crippen molar-refractivity contribution in [2.45, 2.75) is 19.0 Å². The molecule has 29 heavy (non-hydrogen) atoms. The number of anilines is 1. The third kappa shape index (κ3) is 4.06. The smallest absolute Gasteiger partial charge is 0.335 e. The van der Waals surface area contributed by atoms with E-state index in [0.29, 0.717) is 5.69 Å². The second-order valence-corrected chi connectivity index (χ2v) is 7.44. The lowest BCUT2D eigenvalue weighted by Gasteiger charge is -2.37. The molecule has 0 spiro atoms. The van der Waals surface area contributed by atoms with Gasteiger partial charge in [-0.1, -0.05) is 30.3 Å². The molecule has 2 saturated heterocycles. The molecule has 7 nitrogen and oxygen atoms in total. The van der Waals surface area contributed by atoms with Crippen molar-refractivity contribution in [3.8, 4) is 0 Å². The van der Waals surface area contributed by atoms with Crippen LogP contribution in [0.1, 0.15) is 22.3 Å². The van der Waals surface area contributed by atoms with Gasteiger partial charge in [0, 0.05) is 32.7 Å². The van der Waals surface area contributed by atoms with Crippen LogP contribution in [0.4, 0.5) is 5.69 Å². The van der Waals surface area contributed by atoms with Crippen LogP contribution < -0.4 is 4.90 Å². The van der Waals surface area contributed by atoms with E-state index in [1.165, 1.54) is 34.7 Å². The monoisotopic (exact) mass is 393 g/mol. The molecule has 0 bridgehead atoms. The van der Waals surface area contributed by atoms with E-state index in [4.69, 9.17) is 5.11 Å². The standard InChI is InChI=1S/C22H23N3O4/c26-20-14-19(21(27)25(20)18-8-6-17(7-9-18)22(28)29)24-12-10-23(11-13-24)15-16-4-2-1-3-5-16/h1-9,19H,10-15H2,(H,28,29)/t19-/m0/s1. The van der Waals surface area contributed by atoms with Gasteiger partial charge in [-0.05, 0) is 29.8 Å². The first-order valence-corrected chi connectivity index (χ1v) is 9.73. The lowest BCUT2D eigenvalue weighted by Crippen LogP contribution is -2.52. The Morgan fingerprint density at radius 2 is 1.59 bits per heavy atom. The number of carbonyl (C=O) groups excluding carboxylic acids is 2. The molecular formula is C22H23N3O4. The third-order valence-electron chi connectivity index (χ3n) is 5.59. The van der Waals surface area contributed by atoms with Gasteiger partial charge in [0.05, 0.1) is 23.7 Å². The van der Waals surface area contributed by atoms with Crippen molar-refractivity contribution < 1.29 is 19.5 Å². The number of carbonyl (C=O) groups is 3. The van der Waals surface area contributed by atoms with Crippen molar-refractivity contribution in [1.82, 2.24) is 9.80 Å². The number of nitrogens with zero attached hydrogens (tertiary/aromatic N) is 3. The highest BCUT2D eigenvalue weighted by molar-refractivity contribution is 6.22. The second-order valence-electron chi connectivity index (χ2n) is 7.44. The molecule has 2 aliphatic rings. The molecule has 2 heterocycles. The summed E-state index contributed by atoms with van der Waals surface area (Å²) < 4.78 is 0. The number of benzene rings is 2. The van der Waals surface area contributed by atoms with E-state index in [-0.39, 0.29) is 23.8 Å². The number of hydrogen-bond acceptors (Lipinski definition) is 5. The summed E-state index contributed by atoms with van der Waals surface area (Å²) >= 11 is 0. The van der Waals surface area contributed by atoms with Crippen LogP contribution in [0.25, 0.3) is 0 Å².